The fraction of sp³-hybridized carbons (Fsp3) is 0.217. The van der Waals surface area contributed by atoms with E-state index in [-0.39, 0.29) is 17.8 Å². The number of fused-ring (bicyclic) bond motifs is 1. The highest BCUT2D eigenvalue weighted by molar-refractivity contribution is 5.94. The summed E-state index contributed by atoms with van der Waals surface area (Å²) in [5, 5.41) is 3.96. The number of nitrogens with one attached hydrogen (secondary N) is 2. The molecule has 3 aromatic rings. The summed E-state index contributed by atoms with van der Waals surface area (Å²) in [7, 11) is 0. The van der Waals surface area contributed by atoms with Crippen molar-refractivity contribution in [1.29, 1.82) is 0 Å². The van der Waals surface area contributed by atoms with Gasteiger partial charge in [-0.15, -0.1) is 6.58 Å². The summed E-state index contributed by atoms with van der Waals surface area (Å²) in [5.74, 6) is -0.121. The first-order chi connectivity index (χ1) is 14.2. The van der Waals surface area contributed by atoms with Crippen molar-refractivity contribution in [2.45, 2.75) is 32.2 Å². The molecule has 6 nitrogen and oxygen atoms in total. The predicted molar refractivity (Wildman–Crippen MR) is 114 cm³/mol. The van der Waals surface area contributed by atoms with Crippen LogP contribution in [0.5, 0.6) is 0 Å². The number of hydrogen-bond acceptors (Lipinski definition) is 4. The SMILES string of the molecule is C=CCc1cnc2[nH]cc(-c3cnc(C(=O)N[C@@H](C)C4=CCCC=C4)nc3)c2c1. The number of carbonyl (C=O) groups is 1. The van der Waals surface area contributed by atoms with E-state index >= 15 is 0 Å². The van der Waals surface area contributed by atoms with Crippen molar-refractivity contribution in [2.24, 2.45) is 0 Å². The molecule has 2 N–H and O–H groups in total. The highest BCUT2D eigenvalue weighted by Crippen LogP contribution is 2.27. The molecule has 0 aromatic carbocycles. The fourth-order valence-electron chi connectivity index (χ4n) is 3.45. The summed E-state index contributed by atoms with van der Waals surface area (Å²) in [6.45, 7) is 5.75. The van der Waals surface area contributed by atoms with E-state index in [2.05, 4.69) is 56.1 Å². The third kappa shape index (κ3) is 4.01. The molecule has 0 bridgehead atoms. The summed E-state index contributed by atoms with van der Waals surface area (Å²) < 4.78 is 0. The van der Waals surface area contributed by atoms with Crippen molar-refractivity contribution in [1.82, 2.24) is 25.3 Å². The van der Waals surface area contributed by atoms with Gasteiger partial charge in [-0.2, -0.15) is 0 Å². The molecule has 0 fully saturated rings. The van der Waals surface area contributed by atoms with Crippen LogP contribution in [0.2, 0.25) is 0 Å². The van der Waals surface area contributed by atoms with Gasteiger partial charge in [-0.25, -0.2) is 15.0 Å². The molecule has 0 aliphatic heterocycles. The topological polar surface area (TPSA) is 83.6 Å². The van der Waals surface area contributed by atoms with E-state index in [4.69, 9.17) is 0 Å². The molecule has 0 spiro atoms. The Bertz CT molecular complexity index is 1110. The van der Waals surface area contributed by atoms with Crippen molar-refractivity contribution in [3.8, 4) is 11.1 Å². The normalized spacial score (nSPS) is 14.4. The second kappa shape index (κ2) is 8.22. The van der Waals surface area contributed by atoms with Crippen LogP contribution in [-0.2, 0) is 6.42 Å². The Hall–Kier alpha value is -3.54. The van der Waals surface area contributed by atoms with Crippen molar-refractivity contribution in [3.63, 3.8) is 0 Å². The number of aromatic nitrogens is 4. The lowest BCUT2D eigenvalue weighted by Gasteiger charge is -2.16. The van der Waals surface area contributed by atoms with Crippen LogP contribution in [-0.4, -0.2) is 31.9 Å². The number of rotatable bonds is 6. The lowest BCUT2D eigenvalue weighted by atomic mass is 10.0. The van der Waals surface area contributed by atoms with Gasteiger partial charge in [0.25, 0.3) is 5.91 Å². The summed E-state index contributed by atoms with van der Waals surface area (Å²) in [5.41, 5.74) is 4.79. The van der Waals surface area contributed by atoms with Crippen molar-refractivity contribution >= 4 is 16.9 Å². The Morgan fingerprint density at radius 3 is 2.83 bits per heavy atom. The molecule has 0 unspecified atom stereocenters. The first-order valence-electron chi connectivity index (χ1n) is 9.72. The molecule has 0 saturated heterocycles. The molecule has 3 heterocycles. The molecule has 1 aliphatic carbocycles. The van der Waals surface area contributed by atoms with Crippen LogP contribution >= 0.6 is 0 Å². The average molecular weight is 385 g/mol. The molecule has 0 saturated carbocycles. The zero-order valence-electron chi connectivity index (χ0n) is 16.4. The zero-order chi connectivity index (χ0) is 20.2. The second-order valence-electron chi connectivity index (χ2n) is 7.11. The van der Waals surface area contributed by atoms with Crippen LogP contribution in [0.25, 0.3) is 22.2 Å². The Labute approximate surface area is 169 Å². The molecule has 146 valence electrons. The zero-order valence-corrected chi connectivity index (χ0v) is 16.4. The first-order valence-corrected chi connectivity index (χ1v) is 9.72. The summed E-state index contributed by atoms with van der Waals surface area (Å²) in [6.07, 6.45) is 18.1. The Balaban J connectivity index is 1.53. The number of hydrogen-bond donors (Lipinski definition) is 2. The van der Waals surface area contributed by atoms with Crippen LogP contribution in [0.3, 0.4) is 0 Å². The van der Waals surface area contributed by atoms with Crippen LogP contribution in [0.4, 0.5) is 0 Å². The van der Waals surface area contributed by atoms with E-state index < -0.39 is 0 Å². The number of allylic oxidation sites excluding steroid dienone is 3. The minimum absolute atomic E-state index is 0.0784. The maximum absolute atomic E-state index is 12.5. The standard InChI is InChI=1S/C23H23N5O/c1-3-7-16-10-19-20(14-27-21(19)24-11-16)18-12-25-22(26-13-18)23(29)28-15(2)17-8-5-4-6-9-17/h3,5,8-15H,1,4,6-7H2,2H3,(H,24,27)(H,28,29)/t15-/m0/s1. The van der Waals surface area contributed by atoms with Crippen LogP contribution in [0.1, 0.15) is 35.9 Å². The summed E-state index contributed by atoms with van der Waals surface area (Å²) in [4.78, 5) is 28.7. The van der Waals surface area contributed by atoms with E-state index in [9.17, 15) is 4.79 Å². The molecule has 3 aromatic heterocycles. The van der Waals surface area contributed by atoms with Gasteiger partial charge in [-0.05, 0) is 43.4 Å². The minimum atomic E-state index is -0.280. The van der Waals surface area contributed by atoms with Gasteiger partial charge in [0.15, 0.2) is 0 Å². The van der Waals surface area contributed by atoms with Gasteiger partial charge in [0.05, 0.1) is 6.04 Å². The Kier molecular flexibility index (Phi) is 5.33. The quantitative estimate of drug-likeness (QED) is 0.625. The maximum atomic E-state index is 12.5. The van der Waals surface area contributed by atoms with Crippen molar-refractivity contribution < 1.29 is 4.79 Å². The number of aromatic amines is 1. The summed E-state index contributed by atoms with van der Waals surface area (Å²) in [6, 6.07) is 2.01. The molecular formula is C23H23N5O. The molecule has 1 aliphatic rings. The van der Waals surface area contributed by atoms with E-state index in [1.807, 2.05) is 25.4 Å². The third-order valence-electron chi connectivity index (χ3n) is 5.00. The van der Waals surface area contributed by atoms with Gasteiger partial charge in [0.2, 0.25) is 5.82 Å². The van der Waals surface area contributed by atoms with Crippen LogP contribution < -0.4 is 5.32 Å². The second-order valence-corrected chi connectivity index (χ2v) is 7.11. The Morgan fingerprint density at radius 1 is 1.28 bits per heavy atom. The molecule has 1 atom stereocenters. The number of pyridine rings is 1. The van der Waals surface area contributed by atoms with Gasteiger partial charge in [-0.3, -0.25) is 4.79 Å². The Morgan fingerprint density at radius 2 is 2.10 bits per heavy atom. The van der Waals surface area contributed by atoms with Gasteiger partial charge in [-0.1, -0.05) is 24.3 Å². The molecule has 0 radical (unpaired) electrons. The number of nitrogens with zero attached hydrogens (tertiary/aromatic N) is 3. The molecule has 6 heteroatoms. The van der Waals surface area contributed by atoms with E-state index in [1.54, 1.807) is 12.4 Å². The number of amides is 1. The third-order valence-corrected chi connectivity index (χ3v) is 5.00. The number of carbonyl (C=O) groups excluding carboxylic acids is 1. The highest BCUT2D eigenvalue weighted by Gasteiger charge is 2.16. The predicted octanol–water partition coefficient (Wildman–Crippen LogP) is 4.14. The van der Waals surface area contributed by atoms with Gasteiger partial charge < -0.3 is 10.3 Å². The van der Waals surface area contributed by atoms with Gasteiger partial charge in [0.1, 0.15) is 5.65 Å². The molecule has 1 amide bonds. The van der Waals surface area contributed by atoms with Crippen molar-refractivity contribution in [2.75, 3.05) is 0 Å². The largest absolute Gasteiger partial charge is 0.346 e. The van der Waals surface area contributed by atoms with E-state index in [0.717, 1.165) is 52.6 Å². The summed E-state index contributed by atoms with van der Waals surface area (Å²) >= 11 is 0. The minimum Gasteiger partial charge on any atom is -0.346 e. The molecule has 29 heavy (non-hydrogen) atoms. The van der Waals surface area contributed by atoms with E-state index in [0.29, 0.717) is 0 Å². The van der Waals surface area contributed by atoms with Gasteiger partial charge >= 0.3 is 0 Å². The van der Waals surface area contributed by atoms with Crippen molar-refractivity contribution in [3.05, 3.63) is 78.7 Å². The monoisotopic (exact) mass is 385 g/mol. The molecule has 4 rings (SSSR count). The average Bonchev–Trinajstić information content (AvgIpc) is 3.18. The first kappa shape index (κ1) is 18.8. The highest BCUT2D eigenvalue weighted by atomic mass is 16.2. The van der Waals surface area contributed by atoms with Crippen LogP contribution in [0, 0.1) is 0 Å². The fourth-order valence-corrected chi connectivity index (χ4v) is 3.45. The molecular weight excluding hydrogens is 362 g/mol. The van der Waals surface area contributed by atoms with Crippen LogP contribution in [0.15, 0.2) is 67.3 Å². The maximum Gasteiger partial charge on any atom is 0.289 e. The smallest absolute Gasteiger partial charge is 0.289 e. The lowest BCUT2D eigenvalue weighted by Crippen LogP contribution is -2.34. The number of H-pyrrole nitrogens is 1. The van der Waals surface area contributed by atoms with E-state index in [1.165, 1.54) is 0 Å². The lowest BCUT2D eigenvalue weighted by molar-refractivity contribution is 0.0935. The van der Waals surface area contributed by atoms with Gasteiger partial charge in [0, 0.05) is 41.3 Å².